The Morgan fingerprint density at radius 3 is 2.47 bits per heavy atom. The summed E-state index contributed by atoms with van der Waals surface area (Å²) >= 11 is 0. The van der Waals surface area contributed by atoms with Crippen molar-refractivity contribution < 1.29 is 14.6 Å². The van der Waals surface area contributed by atoms with Crippen LogP contribution in [0, 0.1) is 11.3 Å². The molecule has 0 bridgehead atoms. The first-order valence-electron chi connectivity index (χ1n) is 5.71. The van der Waals surface area contributed by atoms with Crippen molar-refractivity contribution in [2.75, 3.05) is 6.61 Å². The highest BCUT2D eigenvalue weighted by Gasteiger charge is 2.50. The van der Waals surface area contributed by atoms with Crippen molar-refractivity contribution in [2.24, 2.45) is 11.3 Å². The molecule has 1 fully saturated rings. The Hall–Kier alpha value is -0.570. The largest absolute Gasteiger partial charge is 0.479 e. The fraction of sp³-hybridized carbons (Fsp3) is 0.917. The molecule has 0 radical (unpaired) electrons. The van der Waals surface area contributed by atoms with Crippen molar-refractivity contribution in [3.05, 3.63) is 0 Å². The summed E-state index contributed by atoms with van der Waals surface area (Å²) in [5.74, 6) is -0.717. The second kappa shape index (κ2) is 4.12. The Kier molecular flexibility index (Phi) is 3.44. The first kappa shape index (κ1) is 12.5. The second-order valence-electron chi connectivity index (χ2n) is 5.40. The van der Waals surface area contributed by atoms with Gasteiger partial charge in [0.15, 0.2) is 5.60 Å². The van der Waals surface area contributed by atoms with Crippen LogP contribution in [0.2, 0.25) is 0 Å². The molecule has 0 spiro atoms. The smallest absolute Gasteiger partial charge is 0.336 e. The number of hydrogen-bond acceptors (Lipinski definition) is 2. The van der Waals surface area contributed by atoms with Gasteiger partial charge in [-0.05, 0) is 37.5 Å². The highest BCUT2D eigenvalue weighted by Crippen LogP contribution is 2.45. The van der Waals surface area contributed by atoms with E-state index in [1.165, 1.54) is 0 Å². The Labute approximate surface area is 91.8 Å². The molecule has 0 aromatic carbocycles. The van der Waals surface area contributed by atoms with Crippen LogP contribution in [0.4, 0.5) is 0 Å². The zero-order valence-corrected chi connectivity index (χ0v) is 10.2. The number of carboxylic acid groups (broad SMARTS) is 1. The zero-order valence-electron chi connectivity index (χ0n) is 10.2. The molecule has 3 heteroatoms. The third kappa shape index (κ3) is 2.33. The number of ether oxygens (including phenoxy) is 1. The summed E-state index contributed by atoms with van der Waals surface area (Å²) in [5, 5.41) is 9.34. The standard InChI is InChI=1S/C12H22O3/c1-5-15-12(10(13)14)7-6-11(3,4)8-9(12)2/h9H,5-8H2,1-4H3,(H,13,14). The monoisotopic (exact) mass is 214 g/mol. The minimum Gasteiger partial charge on any atom is -0.479 e. The molecule has 1 aliphatic carbocycles. The number of carboxylic acids is 1. The van der Waals surface area contributed by atoms with Gasteiger partial charge in [-0.3, -0.25) is 0 Å². The Balaban J connectivity index is 2.87. The molecule has 2 atom stereocenters. The fourth-order valence-electron chi connectivity index (χ4n) is 2.72. The van der Waals surface area contributed by atoms with E-state index in [0.717, 1.165) is 12.8 Å². The summed E-state index contributed by atoms with van der Waals surface area (Å²) in [5.41, 5.74) is -0.695. The molecule has 88 valence electrons. The van der Waals surface area contributed by atoms with Crippen LogP contribution < -0.4 is 0 Å². The molecule has 0 aromatic rings. The van der Waals surface area contributed by atoms with Crippen molar-refractivity contribution >= 4 is 5.97 Å². The van der Waals surface area contributed by atoms with Gasteiger partial charge >= 0.3 is 5.97 Å². The molecule has 0 heterocycles. The SMILES string of the molecule is CCOC1(C(=O)O)CCC(C)(C)CC1C. The minimum atomic E-state index is -0.940. The van der Waals surface area contributed by atoms with Gasteiger partial charge in [0.2, 0.25) is 0 Å². The van der Waals surface area contributed by atoms with Crippen molar-refractivity contribution in [1.82, 2.24) is 0 Å². The Morgan fingerprint density at radius 1 is 1.47 bits per heavy atom. The number of rotatable bonds is 3. The van der Waals surface area contributed by atoms with E-state index >= 15 is 0 Å². The van der Waals surface area contributed by atoms with E-state index in [1.54, 1.807) is 0 Å². The molecular weight excluding hydrogens is 192 g/mol. The third-order valence-corrected chi connectivity index (χ3v) is 3.59. The first-order valence-corrected chi connectivity index (χ1v) is 5.71. The minimum absolute atomic E-state index is 0.0821. The average molecular weight is 214 g/mol. The quantitative estimate of drug-likeness (QED) is 0.785. The molecule has 15 heavy (non-hydrogen) atoms. The molecule has 0 saturated heterocycles. The fourth-order valence-corrected chi connectivity index (χ4v) is 2.72. The van der Waals surface area contributed by atoms with Crippen LogP contribution in [-0.4, -0.2) is 23.3 Å². The van der Waals surface area contributed by atoms with Crippen LogP contribution in [0.15, 0.2) is 0 Å². The average Bonchev–Trinajstić information content (AvgIpc) is 2.09. The van der Waals surface area contributed by atoms with Gasteiger partial charge in [0.1, 0.15) is 0 Å². The van der Waals surface area contributed by atoms with E-state index in [2.05, 4.69) is 13.8 Å². The molecule has 0 amide bonds. The Morgan fingerprint density at radius 2 is 2.07 bits per heavy atom. The first-order chi connectivity index (χ1) is 6.84. The highest BCUT2D eigenvalue weighted by atomic mass is 16.5. The van der Waals surface area contributed by atoms with E-state index in [1.807, 2.05) is 13.8 Å². The molecule has 1 saturated carbocycles. The van der Waals surface area contributed by atoms with Gasteiger partial charge in [-0.1, -0.05) is 20.8 Å². The van der Waals surface area contributed by atoms with Crippen LogP contribution in [0.5, 0.6) is 0 Å². The van der Waals surface area contributed by atoms with Gasteiger partial charge in [0, 0.05) is 6.61 Å². The second-order valence-corrected chi connectivity index (χ2v) is 5.40. The number of carbonyl (C=O) groups is 1. The van der Waals surface area contributed by atoms with Crippen molar-refractivity contribution in [3.8, 4) is 0 Å². The zero-order chi connectivity index (χ0) is 11.7. The van der Waals surface area contributed by atoms with Gasteiger partial charge in [0.05, 0.1) is 0 Å². The lowest BCUT2D eigenvalue weighted by Gasteiger charge is -2.45. The normalized spacial score (nSPS) is 35.1. The van der Waals surface area contributed by atoms with Crippen LogP contribution >= 0.6 is 0 Å². The maximum Gasteiger partial charge on any atom is 0.336 e. The van der Waals surface area contributed by atoms with Crippen molar-refractivity contribution in [3.63, 3.8) is 0 Å². The van der Waals surface area contributed by atoms with Gasteiger partial charge in [0.25, 0.3) is 0 Å². The van der Waals surface area contributed by atoms with E-state index < -0.39 is 11.6 Å². The summed E-state index contributed by atoms with van der Waals surface area (Å²) in [4.78, 5) is 11.4. The summed E-state index contributed by atoms with van der Waals surface area (Å²) in [6, 6.07) is 0. The summed E-state index contributed by atoms with van der Waals surface area (Å²) in [6.45, 7) is 8.71. The van der Waals surface area contributed by atoms with Gasteiger partial charge in [-0.25, -0.2) is 4.79 Å². The number of aliphatic carboxylic acids is 1. The van der Waals surface area contributed by atoms with E-state index in [0.29, 0.717) is 13.0 Å². The molecule has 1 rings (SSSR count). The summed E-state index contributed by atoms with van der Waals surface area (Å²) in [6.07, 6.45) is 2.47. The predicted octanol–water partition coefficient (Wildman–Crippen LogP) is 2.69. The van der Waals surface area contributed by atoms with Crippen LogP contribution in [0.1, 0.15) is 47.0 Å². The maximum absolute atomic E-state index is 11.4. The molecule has 0 aromatic heterocycles. The molecule has 0 aliphatic heterocycles. The van der Waals surface area contributed by atoms with E-state index in [4.69, 9.17) is 4.74 Å². The molecule has 3 nitrogen and oxygen atoms in total. The van der Waals surface area contributed by atoms with Gasteiger partial charge in [-0.15, -0.1) is 0 Å². The van der Waals surface area contributed by atoms with Gasteiger partial charge in [-0.2, -0.15) is 0 Å². The lowest BCUT2D eigenvalue weighted by molar-refractivity contribution is -0.183. The van der Waals surface area contributed by atoms with Gasteiger partial charge < -0.3 is 9.84 Å². The van der Waals surface area contributed by atoms with Crippen LogP contribution in [0.25, 0.3) is 0 Å². The predicted molar refractivity (Wildman–Crippen MR) is 58.8 cm³/mol. The van der Waals surface area contributed by atoms with Crippen molar-refractivity contribution in [2.45, 2.75) is 52.6 Å². The van der Waals surface area contributed by atoms with E-state index in [-0.39, 0.29) is 11.3 Å². The highest BCUT2D eigenvalue weighted by molar-refractivity contribution is 5.78. The third-order valence-electron chi connectivity index (χ3n) is 3.59. The summed E-state index contributed by atoms with van der Waals surface area (Å²) in [7, 11) is 0. The maximum atomic E-state index is 11.4. The summed E-state index contributed by atoms with van der Waals surface area (Å²) < 4.78 is 5.54. The Bertz CT molecular complexity index is 247. The van der Waals surface area contributed by atoms with Crippen LogP contribution in [0.3, 0.4) is 0 Å². The van der Waals surface area contributed by atoms with Crippen LogP contribution in [-0.2, 0) is 9.53 Å². The molecular formula is C12H22O3. The van der Waals surface area contributed by atoms with Crippen molar-refractivity contribution in [1.29, 1.82) is 0 Å². The molecule has 2 unspecified atom stereocenters. The molecule has 1 N–H and O–H groups in total. The topological polar surface area (TPSA) is 46.5 Å². The molecule has 1 aliphatic rings. The number of hydrogen-bond donors (Lipinski definition) is 1. The lowest BCUT2D eigenvalue weighted by atomic mass is 9.65. The lowest BCUT2D eigenvalue weighted by Crippen LogP contribution is -2.52. The van der Waals surface area contributed by atoms with E-state index in [9.17, 15) is 9.90 Å².